The van der Waals surface area contributed by atoms with Crippen LogP contribution in [0.2, 0.25) is 0 Å². The zero-order valence-corrected chi connectivity index (χ0v) is 12.4. The lowest BCUT2D eigenvalue weighted by Crippen LogP contribution is -2.29. The molecule has 2 atom stereocenters. The lowest BCUT2D eigenvalue weighted by atomic mass is 9.92. The molecule has 1 heterocycles. The molecule has 0 amide bonds. The Morgan fingerprint density at radius 1 is 1.19 bits per heavy atom. The highest BCUT2D eigenvalue weighted by Crippen LogP contribution is 2.41. The van der Waals surface area contributed by atoms with Crippen LogP contribution in [0.25, 0.3) is 0 Å². The minimum absolute atomic E-state index is 0.00705. The van der Waals surface area contributed by atoms with Crippen molar-refractivity contribution in [2.75, 3.05) is 6.54 Å². The van der Waals surface area contributed by atoms with E-state index in [4.69, 9.17) is 4.74 Å². The summed E-state index contributed by atoms with van der Waals surface area (Å²) in [5.74, 6) is 0.563. The maximum Gasteiger partial charge on any atom is 0.126 e. The van der Waals surface area contributed by atoms with E-state index in [9.17, 15) is 4.39 Å². The second-order valence-electron chi connectivity index (χ2n) is 5.55. The number of fused-ring (bicyclic) bond motifs is 1. The molecule has 2 aromatic carbocycles. The Balaban J connectivity index is 1.93. The van der Waals surface area contributed by atoms with Crippen molar-refractivity contribution < 1.29 is 9.13 Å². The van der Waals surface area contributed by atoms with E-state index in [1.807, 2.05) is 0 Å². The molecule has 0 fully saturated rings. The summed E-state index contributed by atoms with van der Waals surface area (Å²) in [6, 6.07) is 13.3. The van der Waals surface area contributed by atoms with Crippen LogP contribution in [0.4, 0.5) is 4.39 Å². The van der Waals surface area contributed by atoms with Crippen LogP contribution in [0.3, 0.4) is 0 Å². The first kappa shape index (κ1) is 14.1. The predicted octanol–water partition coefficient (Wildman–Crippen LogP) is 4.31. The average Bonchev–Trinajstić information content (AvgIpc) is 2.48. The van der Waals surface area contributed by atoms with Crippen molar-refractivity contribution in [2.45, 2.75) is 32.4 Å². The summed E-state index contributed by atoms with van der Waals surface area (Å²) in [6.07, 6.45) is 0.820. The Labute approximate surface area is 125 Å². The van der Waals surface area contributed by atoms with E-state index in [1.54, 1.807) is 12.1 Å². The lowest BCUT2D eigenvalue weighted by Gasteiger charge is -2.33. The Morgan fingerprint density at radius 2 is 1.95 bits per heavy atom. The molecule has 1 aliphatic heterocycles. The van der Waals surface area contributed by atoms with Gasteiger partial charge in [-0.3, -0.25) is 0 Å². The van der Waals surface area contributed by atoms with Gasteiger partial charge in [0, 0.05) is 18.0 Å². The van der Waals surface area contributed by atoms with E-state index < -0.39 is 0 Å². The maximum absolute atomic E-state index is 13.5. The minimum Gasteiger partial charge on any atom is -0.485 e. The van der Waals surface area contributed by atoms with E-state index >= 15 is 0 Å². The molecule has 21 heavy (non-hydrogen) atoms. The van der Waals surface area contributed by atoms with Crippen molar-refractivity contribution >= 4 is 0 Å². The molecule has 0 aliphatic carbocycles. The van der Waals surface area contributed by atoms with Gasteiger partial charge in [0.25, 0.3) is 0 Å². The second-order valence-corrected chi connectivity index (χ2v) is 5.55. The third-order valence-corrected chi connectivity index (χ3v) is 3.97. The number of rotatable bonds is 3. The standard InChI is InChI=1S/C18H20FNO/c1-3-20-16-11-18(13-6-4-12(2)5-7-13)21-17-9-8-14(19)10-15(16)17/h4-10,16,18,20H,3,11H2,1-2H3. The first-order valence-corrected chi connectivity index (χ1v) is 7.43. The van der Waals surface area contributed by atoms with Crippen LogP contribution in [-0.4, -0.2) is 6.54 Å². The molecular formula is C18H20FNO. The van der Waals surface area contributed by atoms with Crippen molar-refractivity contribution in [2.24, 2.45) is 0 Å². The van der Waals surface area contributed by atoms with Gasteiger partial charge in [0.15, 0.2) is 0 Å². The summed E-state index contributed by atoms with van der Waals surface area (Å²) >= 11 is 0. The normalized spacial score (nSPS) is 20.7. The summed E-state index contributed by atoms with van der Waals surface area (Å²) < 4.78 is 19.6. The van der Waals surface area contributed by atoms with Gasteiger partial charge in [0.2, 0.25) is 0 Å². The Kier molecular flexibility index (Phi) is 3.93. The molecule has 0 bridgehead atoms. The van der Waals surface area contributed by atoms with Gasteiger partial charge in [0.1, 0.15) is 17.7 Å². The molecule has 3 heteroatoms. The van der Waals surface area contributed by atoms with Gasteiger partial charge in [-0.25, -0.2) is 4.39 Å². The van der Waals surface area contributed by atoms with Gasteiger partial charge in [-0.1, -0.05) is 36.8 Å². The SMILES string of the molecule is CCNC1CC(c2ccc(C)cc2)Oc2ccc(F)cc21. The molecule has 0 saturated heterocycles. The molecule has 2 aromatic rings. The van der Waals surface area contributed by atoms with Crippen LogP contribution in [0.15, 0.2) is 42.5 Å². The summed E-state index contributed by atoms with van der Waals surface area (Å²) in [7, 11) is 0. The quantitative estimate of drug-likeness (QED) is 0.907. The van der Waals surface area contributed by atoms with Crippen molar-refractivity contribution in [1.82, 2.24) is 5.32 Å². The summed E-state index contributed by atoms with van der Waals surface area (Å²) in [5.41, 5.74) is 3.32. The zero-order valence-electron chi connectivity index (χ0n) is 12.4. The number of nitrogens with one attached hydrogen (secondary N) is 1. The van der Waals surface area contributed by atoms with Crippen molar-refractivity contribution in [3.8, 4) is 5.75 Å². The van der Waals surface area contributed by atoms with E-state index in [1.165, 1.54) is 17.2 Å². The summed E-state index contributed by atoms with van der Waals surface area (Å²) in [4.78, 5) is 0. The van der Waals surface area contributed by atoms with Gasteiger partial charge in [-0.05, 0) is 37.2 Å². The first-order chi connectivity index (χ1) is 10.2. The number of halogens is 1. The molecule has 1 aliphatic rings. The lowest BCUT2D eigenvalue weighted by molar-refractivity contribution is 0.151. The largest absolute Gasteiger partial charge is 0.485 e. The third kappa shape index (κ3) is 2.93. The van der Waals surface area contributed by atoms with Gasteiger partial charge in [0.05, 0.1) is 0 Å². The van der Waals surface area contributed by atoms with Gasteiger partial charge >= 0.3 is 0 Å². The third-order valence-electron chi connectivity index (χ3n) is 3.97. The molecule has 2 unspecified atom stereocenters. The Hall–Kier alpha value is -1.87. The topological polar surface area (TPSA) is 21.3 Å². The van der Waals surface area contributed by atoms with Gasteiger partial charge in [-0.15, -0.1) is 0 Å². The molecule has 0 radical (unpaired) electrons. The second kappa shape index (κ2) is 5.86. The average molecular weight is 285 g/mol. The van der Waals surface area contributed by atoms with Crippen molar-refractivity contribution in [1.29, 1.82) is 0 Å². The monoisotopic (exact) mass is 285 g/mol. The summed E-state index contributed by atoms with van der Waals surface area (Å²) in [6.45, 7) is 4.99. The molecule has 3 rings (SSSR count). The molecule has 110 valence electrons. The Morgan fingerprint density at radius 3 is 2.67 bits per heavy atom. The van der Waals surface area contributed by atoms with Gasteiger partial charge in [-0.2, -0.15) is 0 Å². The van der Waals surface area contributed by atoms with Crippen LogP contribution in [0, 0.1) is 12.7 Å². The first-order valence-electron chi connectivity index (χ1n) is 7.43. The maximum atomic E-state index is 13.5. The van der Waals surface area contributed by atoms with Crippen molar-refractivity contribution in [3.63, 3.8) is 0 Å². The van der Waals surface area contributed by atoms with E-state index in [-0.39, 0.29) is 18.0 Å². The molecule has 0 aromatic heterocycles. The van der Waals surface area contributed by atoms with Crippen LogP contribution in [0.1, 0.15) is 42.2 Å². The fourth-order valence-corrected chi connectivity index (χ4v) is 2.87. The number of aryl methyl sites for hydroxylation is 1. The van der Waals surface area contributed by atoms with Crippen LogP contribution >= 0.6 is 0 Å². The number of ether oxygens (including phenoxy) is 1. The smallest absolute Gasteiger partial charge is 0.126 e. The molecule has 1 N–H and O–H groups in total. The van der Waals surface area contributed by atoms with E-state index in [0.717, 1.165) is 24.3 Å². The predicted molar refractivity (Wildman–Crippen MR) is 82.0 cm³/mol. The molecule has 2 nitrogen and oxygen atoms in total. The zero-order chi connectivity index (χ0) is 14.8. The molecule has 0 saturated carbocycles. The molecular weight excluding hydrogens is 265 g/mol. The van der Waals surface area contributed by atoms with E-state index in [2.05, 4.69) is 43.4 Å². The van der Waals surface area contributed by atoms with Crippen molar-refractivity contribution in [3.05, 3.63) is 65.0 Å². The van der Waals surface area contributed by atoms with E-state index in [0.29, 0.717) is 0 Å². The van der Waals surface area contributed by atoms with Crippen LogP contribution < -0.4 is 10.1 Å². The number of hydrogen-bond donors (Lipinski definition) is 1. The highest BCUT2D eigenvalue weighted by Gasteiger charge is 2.29. The van der Waals surface area contributed by atoms with Crippen LogP contribution in [-0.2, 0) is 0 Å². The molecule has 0 spiro atoms. The highest BCUT2D eigenvalue weighted by atomic mass is 19.1. The summed E-state index contributed by atoms with van der Waals surface area (Å²) in [5, 5.41) is 3.43. The number of benzene rings is 2. The van der Waals surface area contributed by atoms with Crippen LogP contribution in [0.5, 0.6) is 5.75 Å². The minimum atomic E-state index is -0.214. The number of hydrogen-bond acceptors (Lipinski definition) is 2. The highest BCUT2D eigenvalue weighted by molar-refractivity contribution is 5.40. The fraction of sp³-hybridized carbons (Fsp3) is 0.333. The Bertz CT molecular complexity index is 624. The fourth-order valence-electron chi connectivity index (χ4n) is 2.87. The van der Waals surface area contributed by atoms with Gasteiger partial charge < -0.3 is 10.1 Å².